The zero-order chi connectivity index (χ0) is 14.3. The highest BCUT2D eigenvalue weighted by Gasteiger charge is 2.20. The second-order valence-electron chi connectivity index (χ2n) is 4.71. The summed E-state index contributed by atoms with van der Waals surface area (Å²) < 4.78 is 7.07. The first kappa shape index (κ1) is 12.5. The third kappa shape index (κ3) is 1.72. The van der Waals surface area contributed by atoms with Gasteiger partial charge in [0.1, 0.15) is 5.75 Å². The summed E-state index contributed by atoms with van der Waals surface area (Å²) in [6.45, 7) is 4.00. The average molecular weight is 269 g/mol. The highest BCUT2D eigenvalue weighted by Crippen LogP contribution is 2.32. The summed E-state index contributed by atoms with van der Waals surface area (Å²) in [4.78, 5) is 12.3. The van der Waals surface area contributed by atoms with Gasteiger partial charge < -0.3 is 14.2 Å². The summed E-state index contributed by atoms with van der Waals surface area (Å²) in [5.74, 6) is -0.145. The fraction of sp³-hybridized carbons (Fsp3) is 0.188. The zero-order valence-corrected chi connectivity index (χ0v) is 11.4. The van der Waals surface area contributed by atoms with Crippen molar-refractivity contribution in [1.82, 2.24) is 4.40 Å². The number of fused-ring (bicyclic) bond motifs is 3. The molecule has 0 bridgehead atoms. The number of rotatable bonds is 2. The van der Waals surface area contributed by atoms with Gasteiger partial charge in [0.2, 0.25) is 0 Å². The topological polar surface area (TPSA) is 50.9 Å². The molecule has 0 aliphatic carbocycles. The number of ether oxygens (including phenoxy) is 1. The molecular weight excluding hydrogens is 254 g/mol. The number of pyridine rings is 1. The third-order valence-electron chi connectivity index (χ3n) is 3.40. The van der Waals surface area contributed by atoms with Gasteiger partial charge in [0.25, 0.3) is 0 Å². The van der Waals surface area contributed by atoms with Crippen LogP contribution in [-0.2, 0) is 4.74 Å². The molecule has 0 spiro atoms. The SMILES string of the molecule is CCOC(=O)c1c2c(C)cc(O)cc2n2ccccc12. The molecular formula is C16H15NO3. The van der Waals surface area contributed by atoms with E-state index in [4.69, 9.17) is 4.74 Å². The zero-order valence-electron chi connectivity index (χ0n) is 11.4. The highest BCUT2D eigenvalue weighted by molar-refractivity contribution is 6.13. The number of hydrogen-bond donors (Lipinski definition) is 1. The van der Waals surface area contributed by atoms with E-state index in [2.05, 4.69) is 0 Å². The van der Waals surface area contributed by atoms with Crippen molar-refractivity contribution in [3.8, 4) is 5.75 Å². The van der Waals surface area contributed by atoms with Gasteiger partial charge in [0.15, 0.2) is 0 Å². The van der Waals surface area contributed by atoms with E-state index in [1.165, 1.54) is 0 Å². The molecule has 0 saturated heterocycles. The Morgan fingerprint density at radius 2 is 2.10 bits per heavy atom. The van der Waals surface area contributed by atoms with E-state index >= 15 is 0 Å². The monoisotopic (exact) mass is 269 g/mol. The molecule has 4 nitrogen and oxygen atoms in total. The van der Waals surface area contributed by atoms with Crippen LogP contribution in [-0.4, -0.2) is 22.1 Å². The van der Waals surface area contributed by atoms with Crippen LogP contribution in [0.1, 0.15) is 22.8 Å². The first-order valence-corrected chi connectivity index (χ1v) is 6.53. The molecule has 1 aromatic carbocycles. The molecule has 0 saturated carbocycles. The van der Waals surface area contributed by atoms with Crippen LogP contribution in [0.4, 0.5) is 0 Å². The van der Waals surface area contributed by atoms with E-state index in [0.717, 1.165) is 22.0 Å². The number of benzene rings is 1. The fourth-order valence-electron chi connectivity index (χ4n) is 2.66. The summed E-state index contributed by atoms with van der Waals surface area (Å²) in [6, 6.07) is 8.97. The summed E-state index contributed by atoms with van der Waals surface area (Å²) in [5.41, 5.74) is 3.00. The van der Waals surface area contributed by atoms with Gasteiger partial charge in [-0.15, -0.1) is 0 Å². The smallest absolute Gasteiger partial charge is 0.340 e. The average Bonchev–Trinajstić information content (AvgIpc) is 2.74. The van der Waals surface area contributed by atoms with Gasteiger partial charge in [-0.25, -0.2) is 4.79 Å². The van der Waals surface area contributed by atoms with Crippen LogP contribution in [0.25, 0.3) is 16.4 Å². The van der Waals surface area contributed by atoms with E-state index in [1.807, 2.05) is 35.7 Å². The van der Waals surface area contributed by atoms with Crippen molar-refractivity contribution in [2.75, 3.05) is 6.61 Å². The van der Waals surface area contributed by atoms with Crippen LogP contribution < -0.4 is 0 Å². The molecule has 0 unspecified atom stereocenters. The van der Waals surface area contributed by atoms with Crippen molar-refractivity contribution in [3.63, 3.8) is 0 Å². The second kappa shape index (κ2) is 4.56. The molecule has 0 fully saturated rings. The van der Waals surface area contributed by atoms with Crippen molar-refractivity contribution in [3.05, 3.63) is 47.7 Å². The van der Waals surface area contributed by atoms with Gasteiger partial charge in [0.05, 0.1) is 23.2 Å². The number of nitrogens with zero attached hydrogens (tertiary/aromatic N) is 1. The summed E-state index contributed by atoms with van der Waals surface area (Å²) >= 11 is 0. The lowest BCUT2D eigenvalue weighted by Crippen LogP contribution is -2.04. The van der Waals surface area contributed by atoms with Crippen LogP contribution >= 0.6 is 0 Å². The quantitative estimate of drug-likeness (QED) is 0.726. The van der Waals surface area contributed by atoms with Crippen molar-refractivity contribution in [1.29, 1.82) is 0 Å². The van der Waals surface area contributed by atoms with Crippen molar-refractivity contribution in [2.45, 2.75) is 13.8 Å². The van der Waals surface area contributed by atoms with Crippen LogP contribution in [0.5, 0.6) is 5.75 Å². The van der Waals surface area contributed by atoms with Crippen LogP contribution in [0, 0.1) is 6.92 Å². The molecule has 2 aromatic heterocycles. The molecule has 4 heteroatoms. The van der Waals surface area contributed by atoms with Gasteiger partial charge in [-0.05, 0) is 37.6 Å². The van der Waals surface area contributed by atoms with E-state index in [-0.39, 0.29) is 11.7 Å². The van der Waals surface area contributed by atoms with Gasteiger partial charge in [-0.1, -0.05) is 6.07 Å². The lowest BCUT2D eigenvalue weighted by molar-refractivity contribution is 0.0531. The third-order valence-corrected chi connectivity index (χ3v) is 3.40. The number of carbonyl (C=O) groups is 1. The van der Waals surface area contributed by atoms with Crippen LogP contribution in [0.2, 0.25) is 0 Å². The lowest BCUT2D eigenvalue weighted by atomic mass is 10.1. The minimum Gasteiger partial charge on any atom is -0.508 e. The number of carbonyl (C=O) groups excluding carboxylic acids is 1. The normalized spacial score (nSPS) is 11.1. The summed E-state index contributed by atoms with van der Waals surface area (Å²) in [6.07, 6.45) is 1.87. The fourth-order valence-corrected chi connectivity index (χ4v) is 2.66. The molecule has 0 aliphatic heterocycles. The maximum absolute atomic E-state index is 12.3. The maximum Gasteiger partial charge on any atom is 0.340 e. The van der Waals surface area contributed by atoms with Gasteiger partial charge in [0, 0.05) is 17.6 Å². The van der Waals surface area contributed by atoms with Crippen molar-refractivity contribution >= 4 is 22.4 Å². The summed E-state index contributed by atoms with van der Waals surface area (Å²) in [5, 5.41) is 10.6. The van der Waals surface area contributed by atoms with Crippen LogP contribution in [0.3, 0.4) is 0 Å². The van der Waals surface area contributed by atoms with E-state index < -0.39 is 0 Å². The first-order valence-electron chi connectivity index (χ1n) is 6.53. The van der Waals surface area contributed by atoms with Crippen molar-refractivity contribution in [2.24, 2.45) is 0 Å². The Morgan fingerprint density at radius 3 is 2.85 bits per heavy atom. The molecule has 2 heterocycles. The highest BCUT2D eigenvalue weighted by atomic mass is 16.5. The molecule has 0 atom stereocenters. The van der Waals surface area contributed by atoms with Gasteiger partial charge >= 0.3 is 5.97 Å². The van der Waals surface area contributed by atoms with Gasteiger partial charge in [-0.2, -0.15) is 0 Å². The molecule has 3 rings (SSSR count). The number of aromatic hydroxyl groups is 1. The minimum absolute atomic E-state index is 0.189. The number of hydrogen-bond acceptors (Lipinski definition) is 3. The van der Waals surface area contributed by atoms with Crippen molar-refractivity contribution < 1.29 is 14.6 Å². The molecule has 0 aliphatic rings. The predicted molar refractivity (Wildman–Crippen MR) is 77.3 cm³/mol. The minimum atomic E-state index is -0.333. The Morgan fingerprint density at radius 1 is 1.30 bits per heavy atom. The number of aromatic nitrogens is 1. The second-order valence-corrected chi connectivity index (χ2v) is 4.71. The Hall–Kier alpha value is -2.49. The van der Waals surface area contributed by atoms with E-state index in [1.54, 1.807) is 19.1 Å². The molecule has 102 valence electrons. The van der Waals surface area contributed by atoms with Crippen LogP contribution in [0.15, 0.2) is 36.5 Å². The Bertz CT molecular complexity index is 817. The van der Waals surface area contributed by atoms with E-state index in [9.17, 15) is 9.90 Å². The molecule has 1 N–H and O–H groups in total. The number of phenolic OH excluding ortho intramolecular Hbond substituents is 1. The Labute approximate surface area is 116 Å². The Balaban J connectivity index is 2.49. The van der Waals surface area contributed by atoms with E-state index in [0.29, 0.717) is 12.2 Å². The molecule has 0 amide bonds. The summed E-state index contributed by atoms with van der Waals surface area (Å²) in [7, 11) is 0. The first-order chi connectivity index (χ1) is 9.63. The standard InChI is InChI=1S/C16H15NO3/c1-3-20-16(19)15-12-6-4-5-7-17(12)13-9-11(18)8-10(2)14(13)15/h4-9,18H,3H2,1-2H3. The lowest BCUT2D eigenvalue weighted by Gasteiger charge is -2.03. The van der Waals surface area contributed by atoms with Gasteiger partial charge in [-0.3, -0.25) is 0 Å². The largest absolute Gasteiger partial charge is 0.508 e. The number of phenols is 1. The maximum atomic E-state index is 12.3. The molecule has 20 heavy (non-hydrogen) atoms. The molecule has 3 aromatic rings. The molecule has 0 radical (unpaired) electrons. The number of esters is 1. The Kier molecular flexibility index (Phi) is 2.86. The number of aryl methyl sites for hydroxylation is 1. The predicted octanol–water partition coefficient (Wildman–Crippen LogP) is 3.28.